The molecule has 2 atom stereocenters. The minimum absolute atomic E-state index is 0.100. The quantitative estimate of drug-likeness (QED) is 0.605. The van der Waals surface area contributed by atoms with Crippen LogP contribution in [0.15, 0.2) is 24.5 Å². The molecule has 4 rings (SSSR count). The molecule has 2 saturated heterocycles. The number of carbonyl (C=O) groups excluding carboxylic acids is 3. The van der Waals surface area contributed by atoms with Crippen molar-refractivity contribution in [1.82, 2.24) is 20.1 Å². The van der Waals surface area contributed by atoms with Crippen LogP contribution in [-0.2, 0) is 23.9 Å². The second-order valence-corrected chi connectivity index (χ2v) is 7.35. The van der Waals surface area contributed by atoms with E-state index in [0.29, 0.717) is 26.2 Å². The number of hydrogen-bond acceptors (Lipinski definition) is 7. The van der Waals surface area contributed by atoms with Crippen LogP contribution in [0.4, 0.5) is 4.79 Å². The Kier molecular flexibility index (Phi) is 7.76. The van der Waals surface area contributed by atoms with Gasteiger partial charge in [0.15, 0.2) is 6.10 Å². The van der Waals surface area contributed by atoms with E-state index in [4.69, 9.17) is 19.4 Å². The van der Waals surface area contributed by atoms with Crippen LogP contribution in [0.5, 0.6) is 0 Å². The molecule has 31 heavy (non-hydrogen) atoms. The minimum Gasteiger partial charge on any atom is -0.483 e. The minimum atomic E-state index is -0.809. The smallest absolute Gasteiger partial charge is 0.409 e. The molecule has 0 radical (unpaired) electrons. The van der Waals surface area contributed by atoms with Gasteiger partial charge in [0, 0.05) is 38.1 Å². The number of aromatic nitrogens is 1. The summed E-state index contributed by atoms with van der Waals surface area (Å²) >= 11 is 0. The number of rotatable bonds is 6. The highest BCUT2D eigenvalue weighted by molar-refractivity contribution is 5.86. The Morgan fingerprint density at radius 3 is 2.77 bits per heavy atom. The molecule has 1 aromatic rings. The van der Waals surface area contributed by atoms with Crippen molar-refractivity contribution in [3.8, 4) is 0 Å². The van der Waals surface area contributed by atoms with Gasteiger partial charge in [-0.2, -0.15) is 0 Å². The Morgan fingerprint density at radius 2 is 2.13 bits per heavy atom. The predicted octanol–water partition coefficient (Wildman–Crippen LogP) is 0.172. The highest BCUT2D eigenvalue weighted by Crippen LogP contribution is 2.39. The fourth-order valence-corrected chi connectivity index (χ4v) is 3.73. The number of ether oxygens (including phenoxy) is 2. The van der Waals surface area contributed by atoms with Gasteiger partial charge in [-0.3, -0.25) is 19.4 Å². The van der Waals surface area contributed by atoms with Gasteiger partial charge in [0.2, 0.25) is 5.91 Å². The van der Waals surface area contributed by atoms with E-state index in [1.54, 1.807) is 28.3 Å². The number of cyclic esters (lactones) is 1. The lowest BCUT2D eigenvalue weighted by Gasteiger charge is -2.40. The van der Waals surface area contributed by atoms with Gasteiger partial charge in [0.25, 0.3) is 12.4 Å². The first-order chi connectivity index (χ1) is 15.1. The number of pyridine rings is 1. The van der Waals surface area contributed by atoms with Crippen molar-refractivity contribution in [2.24, 2.45) is 0 Å². The summed E-state index contributed by atoms with van der Waals surface area (Å²) in [6.45, 7) is 1.38. The summed E-state index contributed by atoms with van der Waals surface area (Å²) in [7, 11) is 0. The van der Waals surface area contributed by atoms with Gasteiger partial charge >= 0.3 is 6.09 Å². The van der Waals surface area contributed by atoms with E-state index in [1.165, 1.54) is 0 Å². The first-order valence-corrected chi connectivity index (χ1v) is 10.2. The predicted molar refractivity (Wildman–Crippen MR) is 106 cm³/mol. The summed E-state index contributed by atoms with van der Waals surface area (Å²) in [5.74, 6) is -0.395. The van der Waals surface area contributed by atoms with Crippen molar-refractivity contribution in [3.05, 3.63) is 30.1 Å². The molecule has 0 spiro atoms. The van der Waals surface area contributed by atoms with Crippen molar-refractivity contribution in [3.63, 3.8) is 0 Å². The molecule has 1 aliphatic carbocycles. The number of hydrogen-bond donors (Lipinski definition) is 2. The molecule has 3 heterocycles. The van der Waals surface area contributed by atoms with Crippen LogP contribution < -0.4 is 5.32 Å². The maximum Gasteiger partial charge on any atom is 0.409 e. The van der Waals surface area contributed by atoms with Crippen molar-refractivity contribution < 1.29 is 33.8 Å². The van der Waals surface area contributed by atoms with Crippen LogP contribution in [0, 0.1) is 0 Å². The number of amides is 3. The van der Waals surface area contributed by atoms with Crippen molar-refractivity contribution >= 4 is 24.4 Å². The summed E-state index contributed by atoms with van der Waals surface area (Å²) in [6, 6.07) is 3.30. The maximum absolute atomic E-state index is 12.9. The molecular formula is C20H26N4O7. The number of carbonyl (C=O) groups is 4. The summed E-state index contributed by atoms with van der Waals surface area (Å²) < 4.78 is 10.7. The lowest BCUT2D eigenvalue weighted by molar-refractivity contribution is -0.165. The second kappa shape index (κ2) is 10.7. The topological polar surface area (TPSA) is 138 Å². The molecule has 11 heteroatoms. The molecule has 0 bridgehead atoms. The molecule has 1 aromatic heterocycles. The van der Waals surface area contributed by atoms with Gasteiger partial charge in [-0.15, -0.1) is 0 Å². The van der Waals surface area contributed by atoms with Crippen LogP contribution in [0.25, 0.3) is 0 Å². The third-order valence-electron chi connectivity index (χ3n) is 5.22. The van der Waals surface area contributed by atoms with E-state index in [-0.39, 0.29) is 37.0 Å². The van der Waals surface area contributed by atoms with Crippen LogP contribution in [0.3, 0.4) is 0 Å². The van der Waals surface area contributed by atoms with E-state index in [2.05, 4.69) is 10.3 Å². The zero-order valence-corrected chi connectivity index (χ0v) is 17.0. The average molecular weight is 434 g/mol. The molecule has 2 N–H and O–H groups in total. The monoisotopic (exact) mass is 434 g/mol. The van der Waals surface area contributed by atoms with Gasteiger partial charge in [0.1, 0.15) is 6.61 Å². The SMILES string of the molecule is O=C(NCCN1CCCOC1=O)[C@H]1OCC(=O)N(C2CC2)[C@@H]1c1cccnc1.O=CO. The maximum atomic E-state index is 12.9. The van der Waals surface area contributed by atoms with Gasteiger partial charge in [-0.05, 0) is 30.9 Å². The van der Waals surface area contributed by atoms with E-state index in [1.807, 2.05) is 6.07 Å². The molecule has 0 unspecified atom stereocenters. The zero-order chi connectivity index (χ0) is 22.2. The Balaban J connectivity index is 0.000000858. The van der Waals surface area contributed by atoms with Gasteiger partial charge in [-0.25, -0.2) is 4.79 Å². The molecule has 1 saturated carbocycles. The molecule has 2 aliphatic heterocycles. The Morgan fingerprint density at radius 1 is 1.35 bits per heavy atom. The summed E-state index contributed by atoms with van der Waals surface area (Å²) in [4.78, 5) is 52.9. The normalized spacial score (nSPS) is 23.4. The van der Waals surface area contributed by atoms with E-state index < -0.39 is 12.1 Å². The average Bonchev–Trinajstić information content (AvgIpc) is 3.61. The molecule has 3 fully saturated rings. The first kappa shape index (κ1) is 22.5. The lowest BCUT2D eigenvalue weighted by Crippen LogP contribution is -2.55. The lowest BCUT2D eigenvalue weighted by atomic mass is 9.98. The largest absolute Gasteiger partial charge is 0.483 e. The van der Waals surface area contributed by atoms with Crippen molar-refractivity contribution in [1.29, 1.82) is 0 Å². The second-order valence-electron chi connectivity index (χ2n) is 7.35. The van der Waals surface area contributed by atoms with Gasteiger partial charge < -0.3 is 29.7 Å². The molecule has 11 nitrogen and oxygen atoms in total. The summed E-state index contributed by atoms with van der Waals surface area (Å²) in [5, 5.41) is 9.73. The fourth-order valence-electron chi connectivity index (χ4n) is 3.73. The Hall–Kier alpha value is -3.21. The van der Waals surface area contributed by atoms with Crippen LogP contribution >= 0.6 is 0 Å². The molecular weight excluding hydrogens is 408 g/mol. The standard InChI is InChI=1S/C19H24N4O5.CH2O2/c24-15-12-28-17(18(25)21-7-9-22-8-2-10-27-19(22)26)16(23(15)14-4-5-14)13-3-1-6-20-11-13;2-1-3/h1,3,6,11,14,16-17H,2,4-5,7-10,12H2,(H,21,25);1H,(H,2,3)/t16-,17+;/m1./s1. The van der Waals surface area contributed by atoms with Crippen LogP contribution in [0.2, 0.25) is 0 Å². The highest BCUT2D eigenvalue weighted by Gasteiger charge is 2.47. The van der Waals surface area contributed by atoms with Crippen molar-refractivity contribution in [2.75, 3.05) is 32.8 Å². The fraction of sp³-hybridized carbons (Fsp3) is 0.550. The molecule has 3 amide bonds. The van der Waals surface area contributed by atoms with Crippen LogP contribution in [0.1, 0.15) is 30.9 Å². The molecule has 3 aliphatic rings. The Bertz CT molecular complexity index is 787. The van der Waals surface area contributed by atoms with E-state index in [9.17, 15) is 14.4 Å². The third kappa shape index (κ3) is 5.69. The number of nitrogens with zero attached hydrogens (tertiary/aromatic N) is 3. The highest BCUT2D eigenvalue weighted by atomic mass is 16.6. The first-order valence-electron chi connectivity index (χ1n) is 10.2. The van der Waals surface area contributed by atoms with Gasteiger partial charge in [0.05, 0.1) is 12.6 Å². The number of nitrogens with one attached hydrogen (secondary N) is 1. The van der Waals surface area contributed by atoms with Crippen molar-refractivity contribution in [2.45, 2.75) is 37.5 Å². The summed E-state index contributed by atoms with van der Waals surface area (Å²) in [5.41, 5.74) is 0.780. The molecule has 168 valence electrons. The number of morpholine rings is 1. The third-order valence-corrected chi connectivity index (χ3v) is 5.22. The van der Waals surface area contributed by atoms with Crippen LogP contribution in [-0.4, -0.2) is 89.3 Å². The number of carboxylic acid groups (broad SMARTS) is 1. The van der Waals surface area contributed by atoms with E-state index in [0.717, 1.165) is 24.8 Å². The van der Waals surface area contributed by atoms with E-state index >= 15 is 0 Å². The Labute approximate surface area is 179 Å². The molecule has 0 aromatic carbocycles. The zero-order valence-electron chi connectivity index (χ0n) is 17.0. The van der Waals surface area contributed by atoms with Gasteiger partial charge in [-0.1, -0.05) is 6.07 Å². The summed E-state index contributed by atoms with van der Waals surface area (Å²) in [6.07, 6.45) is 4.83.